The fourth-order valence-electron chi connectivity index (χ4n) is 6.86. The number of carbonyl (C=O) groups excluding carboxylic acids is 2. The number of hydrogen-bond acceptors (Lipinski definition) is 7. The number of nitrogens with one attached hydrogen (secondary N) is 1. The molecule has 238 valence electrons. The summed E-state index contributed by atoms with van der Waals surface area (Å²) in [6.45, 7) is 9.28. The van der Waals surface area contributed by atoms with Crippen molar-refractivity contribution in [2.24, 2.45) is 17.3 Å². The molecule has 10 nitrogen and oxygen atoms in total. The van der Waals surface area contributed by atoms with Gasteiger partial charge in [-0.1, -0.05) is 31.6 Å². The van der Waals surface area contributed by atoms with Gasteiger partial charge in [-0.3, -0.25) is 9.69 Å². The van der Waals surface area contributed by atoms with E-state index in [1.165, 1.54) is 12.0 Å². The maximum absolute atomic E-state index is 14.1. The van der Waals surface area contributed by atoms with E-state index in [4.69, 9.17) is 18.9 Å². The summed E-state index contributed by atoms with van der Waals surface area (Å²) in [5, 5.41) is 2.97. The number of allylic oxidation sites excluding steroid dienone is 1. The van der Waals surface area contributed by atoms with Crippen molar-refractivity contribution >= 4 is 17.6 Å². The van der Waals surface area contributed by atoms with Crippen molar-refractivity contribution in [3.63, 3.8) is 0 Å². The lowest BCUT2D eigenvalue weighted by atomic mass is 9.49. The van der Waals surface area contributed by atoms with Crippen LogP contribution in [0.15, 0.2) is 48.0 Å². The zero-order chi connectivity index (χ0) is 31.4. The first-order valence-corrected chi connectivity index (χ1v) is 15.4. The SMILES string of the molecule is COc1cccc(NC(=O)N2CCN(CCN(CC3=CCC4CC3C4(C)C)C(=O)c3cc(OC)c(OC)c(OC)c3)CC2)c1. The van der Waals surface area contributed by atoms with E-state index < -0.39 is 0 Å². The Labute approximate surface area is 260 Å². The van der Waals surface area contributed by atoms with Crippen molar-refractivity contribution in [2.45, 2.75) is 26.7 Å². The topological polar surface area (TPSA) is 92.8 Å². The molecule has 2 bridgehead atoms. The van der Waals surface area contributed by atoms with Gasteiger partial charge in [0, 0.05) is 63.1 Å². The van der Waals surface area contributed by atoms with Crippen LogP contribution >= 0.6 is 0 Å². The molecule has 6 rings (SSSR count). The number of urea groups is 1. The number of piperazine rings is 1. The Bertz CT molecular complexity index is 1360. The smallest absolute Gasteiger partial charge is 0.321 e. The first-order valence-electron chi connectivity index (χ1n) is 15.4. The standard InChI is InChI=1S/C34H46N4O6/c1-34(2)25-11-10-23(28(34)20-25)22-38(32(39)24-18-29(42-4)31(44-6)30(19-24)43-5)17-14-36-12-15-37(16-13-36)33(40)35-26-8-7-9-27(21-26)41-3/h7-10,18-19,21,25,28H,11-17,20,22H2,1-6H3,(H,35,40). The molecule has 2 aromatic rings. The lowest BCUT2D eigenvalue weighted by Crippen LogP contribution is -2.52. The predicted octanol–water partition coefficient (Wildman–Crippen LogP) is 5.01. The summed E-state index contributed by atoms with van der Waals surface area (Å²) in [5.41, 5.74) is 2.83. The van der Waals surface area contributed by atoms with E-state index in [9.17, 15) is 9.59 Å². The second-order valence-electron chi connectivity index (χ2n) is 12.5. The van der Waals surface area contributed by atoms with Crippen LogP contribution in [0.3, 0.4) is 0 Å². The molecule has 0 radical (unpaired) electrons. The van der Waals surface area contributed by atoms with Crippen LogP contribution in [0.1, 0.15) is 37.0 Å². The van der Waals surface area contributed by atoms with E-state index >= 15 is 0 Å². The number of methoxy groups -OCH3 is 4. The normalized spacial score (nSPS) is 20.6. The quantitative estimate of drug-likeness (QED) is 0.360. The highest BCUT2D eigenvalue weighted by atomic mass is 16.5. The first kappa shape index (κ1) is 31.5. The lowest BCUT2D eigenvalue weighted by Gasteiger charge is -2.57. The molecule has 1 saturated carbocycles. The molecule has 2 atom stereocenters. The molecule has 0 aromatic heterocycles. The molecule has 1 aliphatic heterocycles. The fraction of sp³-hybridized carbons (Fsp3) is 0.529. The Morgan fingerprint density at radius 3 is 2.25 bits per heavy atom. The van der Waals surface area contributed by atoms with Crippen LogP contribution in [-0.4, -0.2) is 101 Å². The number of fused-ring (bicyclic) bond motifs is 1. The van der Waals surface area contributed by atoms with Crippen LogP contribution in [0.25, 0.3) is 0 Å². The van der Waals surface area contributed by atoms with Gasteiger partial charge in [0.05, 0.1) is 28.4 Å². The van der Waals surface area contributed by atoms with Crippen molar-refractivity contribution in [3.05, 3.63) is 53.6 Å². The first-order chi connectivity index (χ1) is 21.2. The summed E-state index contributed by atoms with van der Waals surface area (Å²) < 4.78 is 21.8. The lowest BCUT2D eigenvalue weighted by molar-refractivity contribution is -0.0105. The third kappa shape index (κ3) is 6.45. The molecule has 10 heteroatoms. The number of hydrogen-bond donors (Lipinski definition) is 1. The average molecular weight is 607 g/mol. The van der Waals surface area contributed by atoms with Gasteiger partial charge in [0.15, 0.2) is 11.5 Å². The van der Waals surface area contributed by atoms with Crippen molar-refractivity contribution in [3.8, 4) is 23.0 Å². The maximum atomic E-state index is 14.1. The summed E-state index contributed by atoms with van der Waals surface area (Å²) in [7, 11) is 6.28. The van der Waals surface area contributed by atoms with Gasteiger partial charge in [-0.15, -0.1) is 0 Å². The third-order valence-corrected chi connectivity index (χ3v) is 9.82. The minimum atomic E-state index is -0.122. The minimum absolute atomic E-state index is 0.0688. The third-order valence-electron chi connectivity index (χ3n) is 9.82. The van der Waals surface area contributed by atoms with Gasteiger partial charge in [-0.05, 0) is 54.4 Å². The number of ether oxygens (including phenoxy) is 4. The van der Waals surface area contributed by atoms with Gasteiger partial charge >= 0.3 is 6.03 Å². The summed E-state index contributed by atoms with van der Waals surface area (Å²) in [4.78, 5) is 33.2. The summed E-state index contributed by atoms with van der Waals surface area (Å²) in [6, 6.07) is 10.7. The molecule has 3 aliphatic carbocycles. The predicted molar refractivity (Wildman–Crippen MR) is 170 cm³/mol. The molecule has 3 amide bonds. The Hall–Kier alpha value is -3.92. The van der Waals surface area contributed by atoms with Crippen molar-refractivity contribution in [2.75, 3.05) is 79.6 Å². The average Bonchev–Trinajstić information content (AvgIpc) is 3.05. The van der Waals surface area contributed by atoms with Gasteiger partial charge in [-0.25, -0.2) is 4.79 Å². The maximum Gasteiger partial charge on any atom is 0.321 e. The largest absolute Gasteiger partial charge is 0.497 e. The van der Waals surface area contributed by atoms with Crippen molar-refractivity contribution in [1.29, 1.82) is 0 Å². The van der Waals surface area contributed by atoms with Gasteiger partial charge < -0.3 is 34.1 Å². The Morgan fingerprint density at radius 1 is 0.955 bits per heavy atom. The molecule has 2 unspecified atom stereocenters. The van der Waals surface area contributed by atoms with Crippen LogP contribution in [-0.2, 0) is 0 Å². The van der Waals surface area contributed by atoms with Crippen LogP contribution in [0, 0.1) is 17.3 Å². The number of anilines is 1. The summed E-state index contributed by atoms with van der Waals surface area (Å²) >= 11 is 0. The van der Waals surface area contributed by atoms with Crippen molar-refractivity contribution in [1.82, 2.24) is 14.7 Å². The van der Waals surface area contributed by atoms with Crippen LogP contribution in [0.4, 0.5) is 10.5 Å². The minimum Gasteiger partial charge on any atom is -0.497 e. The van der Waals surface area contributed by atoms with Gasteiger partial charge in [0.25, 0.3) is 5.91 Å². The fourth-order valence-corrected chi connectivity index (χ4v) is 6.86. The Kier molecular flexibility index (Phi) is 9.58. The van der Waals surface area contributed by atoms with Gasteiger partial charge in [0.1, 0.15) is 5.75 Å². The zero-order valence-corrected chi connectivity index (χ0v) is 26.9. The molecule has 44 heavy (non-hydrogen) atoms. The van der Waals surface area contributed by atoms with Crippen molar-refractivity contribution < 1.29 is 28.5 Å². The van der Waals surface area contributed by atoms with Crippen LogP contribution < -0.4 is 24.3 Å². The van der Waals surface area contributed by atoms with E-state index in [0.29, 0.717) is 72.9 Å². The molecule has 1 saturated heterocycles. The number of amides is 3. The molecule has 1 heterocycles. The number of rotatable bonds is 11. The monoisotopic (exact) mass is 606 g/mol. The number of benzene rings is 2. The molecule has 1 N–H and O–H groups in total. The number of carbonyl (C=O) groups is 2. The molecule has 2 aromatic carbocycles. The highest BCUT2D eigenvalue weighted by molar-refractivity contribution is 5.96. The molecular weight excluding hydrogens is 560 g/mol. The van der Waals surface area contributed by atoms with E-state index in [-0.39, 0.29) is 17.4 Å². The van der Waals surface area contributed by atoms with Gasteiger partial charge in [-0.2, -0.15) is 0 Å². The second kappa shape index (κ2) is 13.4. The van der Waals surface area contributed by atoms with E-state index in [2.05, 4.69) is 30.1 Å². The Balaban J connectivity index is 1.25. The van der Waals surface area contributed by atoms with Gasteiger partial charge in [0.2, 0.25) is 5.75 Å². The Morgan fingerprint density at radius 2 is 1.66 bits per heavy atom. The number of nitrogens with zero attached hydrogens (tertiary/aromatic N) is 3. The van der Waals surface area contributed by atoms with Crippen LogP contribution in [0.2, 0.25) is 0 Å². The molecular formula is C34H46N4O6. The van der Waals surface area contributed by atoms with E-state index in [1.54, 1.807) is 46.6 Å². The van der Waals surface area contributed by atoms with E-state index in [1.807, 2.05) is 28.0 Å². The second-order valence-corrected chi connectivity index (χ2v) is 12.5. The highest BCUT2D eigenvalue weighted by Gasteiger charge is 2.51. The summed E-state index contributed by atoms with van der Waals surface area (Å²) in [6.07, 6.45) is 4.63. The highest BCUT2D eigenvalue weighted by Crippen LogP contribution is 2.59. The molecule has 4 aliphatic rings. The van der Waals surface area contributed by atoms with Crippen LogP contribution in [0.5, 0.6) is 23.0 Å². The van der Waals surface area contributed by atoms with E-state index in [0.717, 1.165) is 25.4 Å². The summed E-state index contributed by atoms with van der Waals surface area (Å²) in [5.74, 6) is 3.24. The zero-order valence-electron chi connectivity index (χ0n) is 26.9. The molecule has 2 fully saturated rings. The molecule has 0 spiro atoms.